The highest BCUT2D eigenvalue weighted by Crippen LogP contribution is 2.33. The average molecular weight is 437 g/mol. The van der Waals surface area contributed by atoms with Crippen molar-refractivity contribution in [1.82, 2.24) is 9.80 Å². The maximum Gasteiger partial charge on any atom is 0.251 e. The third kappa shape index (κ3) is 4.03. The third-order valence-corrected chi connectivity index (χ3v) is 6.22. The minimum atomic E-state index is -0.387. The van der Waals surface area contributed by atoms with Crippen molar-refractivity contribution in [3.8, 4) is 17.2 Å². The van der Waals surface area contributed by atoms with E-state index < -0.39 is 0 Å². The molecule has 0 aromatic heterocycles. The predicted octanol–water partition coefficient (Wildman–Crippen LogP) is 2.26. The number of hydrogen-bond donors (Lipinski definition) is 0. The summed E-state index contributed by atoms with van der Waals surface area (Å²) in [4.78, 5) is 31.6. The monoisotopic (exact) mass is 437 g/mol. The number of benzene rings is 2. The van der Waals surface area contributed by atoms with Gasteiger partial charge in [-0.3, -0.25) is 19.4 Å². The highest BCUT2D eigenvalue weighted by molar-refractivity contribution is 6.22. The molecule has 3 aliphatic rings. The van der Waals surface area contributed by atoms with Gasteiger partial charge in [0.25, 0.3) is 5.91 Å². The zero-order valence-corrected chi connectivity index (χ0v) is 18.2. The molecule has 0 bridgehead atoms. The predicted molar refractivity (Wildman–Crippen MR) is 118 cm³/mol. The van der Waals surface area contributed by atoms with Crippen LogP contribution in [0.15, 0.2) is 42.5 Å². The van der Waals surface area contributed by atoms with Crippen LogP contribution >= 0.6 is 0 Å². The highest BCUT2D eigenvalue weighted by Gasteiger charge is 2.43. The standard InChI is InChI=1S/C24H27N3O5/c1-2-30-19-6-4-18(5-7-19)27-23(28)14-20(24(27)29)26-11-9-25(10-12-26)15-17-3-8-21-22(13-17)32-16-31-21/h3-8,13,20H,2,9-12,14-16H2,1H3/t20-/m0/s1. The van der Waals surface area contributed by atoms with Crippen molar-refractivity contribution in [2.45, 2.75) is 25.9 Å². The van der Waals surface area contributed by atoms with Crippen molar-refractivity contribution in [2.24, 2.45) is 0 Å². The van der Waals surface area contributed by atoms with E-state index in [9.17, 15) is 9.59 Å². The number of carbonyl (C=O) groups is 2. The molecule has 0 unspecified atom stereocenters. The van der Waals surface area contributed by atoms with Crippen LogP contribution in [0.1, 0.15) is 18.9 Å². The zero-order valence-electron chi connectivity index (χ0n) is 18.2. The lowest BCUT2D eigenvalue weighted by Crippen LogP contribution is -2.52. The van der Waals surface area contributed by atoms with Gasteiger partial charge < -0.3 is 14.2 Å². The summed E-state index contributed by atoms with van der Waals surface area (Å²) in [6.45, 7) is 6.78. The lowest BCUT2D eigenvalue weighted by atomic mass is 10.1. The lowest BCUT2D eigenvalue weighted by Gasteiger charge is -2.37. The molecule has 1 atom stereocenters. The summed E-state index contributed by atoms with van der Waals surface area (Å²) in [5.74, 6) is 2.03. The molecule has 3 heterocycles. The Morgan fingerprint density at radius 1 is 0.969 bits per heavy atom. The molecule has 3 aliphatic heterocycles. The van der Waals surface area contributed by atoms with E-state index in [0.717, 1.165) is 50.0 Å². The molecule has 0 aliphatic carbocycles. The minimum absolute atomic E-state index is 0.136. The van der Waals surface area contributed by atoms with Gasteiger partial charge in [-0.1, -0.05) is 6.07 Å². The number of imide groups is 1. The van der Waals surface area contributed by atoms with Crippen LogP contribution < -0.4 is 19.1 Å². The van der Waals surface area contributed by atoms with Gasteiger partial charge in [0.05, 0.1) is 24.8 Å². The number of amides is 2. The van der Waals surface area contributed by atoms with Gasteiger partial charge in [-0.15, -0.1) is 0 Å². The van der Waals surface area contributed by atoms with Gasteiger partial charge in [0.1, 0.15) is 5.75 Å². The van der Waals surface area contributed by atoms with Gasteiger partial charge >= 0.3 is 0 Å². The van der Waals surface area contributed by atoms with Crippen molar-refractivity contribution in [2.75, 3.05) is 44.5 Å². The fourth-order valence-electron chi connectivity index (χ4n) is 4.56. The van der Waals surface area contributed by atoms with Crippen LogP contribution in [0, 0.1) is 0 Å². The Kier molecular flexibility index (Phi) is 5.71. The van der Waals surface area contributed by atoms with Crippen LogP contribution in [-0.2, 0) is 16.1 Å². The summed E-state index contributed by atoms with van der Waals surface area (Å²) in [5, 5.41) is 0. The van der Waals surface area contributed by atoms with E-state index in [1.54, 1.807) is 24.3 Å². The molecule has 2 aromatic rings. The maximum absolute atomic E-state index is 13.1. The Morgan fingerprint density at radius 2 is 1.72 bits per heavy atom. The lowest BCUT2D eigenvalue weighted by molar-refractivity contribution is -0.123. The number of piperazine rings is 1. The van der Waals surface area contributed by atoms with Gasteiger partial charge in [0.2, 0.25) is 12.7 Å². The van der Waals surface area contributed by atoms with Crippen molar-refractivity contribution in [3.63, 3.8) is 0 Å². The first-order chi connectivity index (χ1) is 15.6. The second-order valence-electron chi connectivity index (χ2n) is 8.21. The van der Waals surface area contributed by atoms with Crippen molar-refractivity contribution < 1.29 is 23.8 Å². The average Bonchev–Trinajstić information content (AvgIpc) is 3.39. The van der Waals surface area contributed by atoms with Gasteiger partial charge in [-0.25, -0.2) is 4.90 Å². The molecule has 2 saturated heterocycles. The minimum Gasteiger partial charge on any atom is -0.494 e. The molecular formula is C24H27N3O5. The first-order valence-corrected chi connectivity index (χ1v) is 11.1. The SMILES string of the molecule is CCOc1ccc(N2C(=O)C[C@H](N3CCN(Cc4ccc5c(c4)OCO5)CC3)C2=O)cc1. The highest BCUT2D eigenvalue weighted by atomic mass is 16.7. The fourth-order valence-corrected chi connectivity index (χ4v) is 4.56. The first-order valence-electron chi connectivity index (χ1n) is 11.1. The molecule has 32 heavy (non-hydrogen) atoms. The zero-order chi connectivity index (χ0) is 22.1. The van der Waals surface area contributed by atoms with Crippen LogP contribution in [0.4, 0.5) is 5.69 Å². The van der Waals surface area contributed by atoms with E-state index >= 15 is 0 Å². The number of carbonyl (C=O) groups excluding carboxylic acids is 2. The summed E-state index contributed by atoms with van der Waals surface area (Å²) in [7, 11) is 0. The fraction of sp³-hybridized carbons (Fsp3) is 0.417. The quantitative estimate of drug-likeness (QED) is 0.642. The van der Waals surface area contributed by atoms with Crippen LogP contribution in [-0.4, -0.2) is 67.2 Å². The van der Waals surface area contributed by atoms with Crippen LogP contribution in [0.2, 0.25) is 0 Å². The van der Waals surface area contributed by atoms with Crippen LogP contribution in [0.3, 0.4) is 0 Å². The summed E-state index contributed by atoms with van der Waals surface area (Å²) in [6, 6.07) is 12.8. The molecule has 0 radical (unpaired) electrons. The maximum atomic E-state index is 13.1. The van der Waals surface area contributed by atoms with Crippen molar-refractivity contribution >= 4 is 17.5 Å². The van der Waals surface area contributed by atoms with Crippen LogP contribution in [0.25, 0.3) is 0 Å². The first kappa shape index (κ1) is 20.8. The number of nitrogens with zero attached hydrogens (tertiary/aromatic N) is 3. The Labute approximate surface area is 187 Å². The third-order valence-electron chi connectivity index (χ3n) is 6.22. The molecule has 0 saturated carbocycles. The second-order valence-corrected chi connectivity index (χ2v) is 8.21. The Hall–Kier alpha value is -3.10. The van der Waals surface area contributed by atoms with E-state index in [2.05, 4.69) is 15.9 Å². The summed E-state index contributed by atoms with van der Waals surface area (Å²) >= 11 is 0. The molecule has 2 amide bonds. The largest absolute Gasteiger partial charge is 0.494 e. The van der Waals surface area contributed by atoms with E-state index in [1.165, 1.54) is 10.5 Å². The summed E-state index contributed by atoms with van der Waals surface area (Å²) in [6.07, 6.45) is 0.230. The number of fused-ring (bicyclic) bond motifs is 1. The van der Waals surface area contributed by atoms with E-state index in [0.29, 0.717) is 12.3 Å². The second kappa shape index (κ2) is 8.80. The topological polar surface area (TPSA) is 71.6 Å². The molecule has 8 nitrogen and oxygen atoms in total. The van der Waals surface area contributed by atoms with E-state index in [4.69, 9.17) is 14.2 Å². The van der Waals surface area contributed by atoms with Crippen LogP contribution in [0.5, 0.6) is 17.2 Å². The number of anilines is 1. The molecule has 2 fully saturated rings. The van der Waals surface area contributed by atoms with E-state index in [1.807, 2.05) is 19.1 Å². The van der Waals surface area contributed by atoms with Crippen molar-refractivity contribution in [1.29, 1.82) is 0 Å². The Morgan fingerprint density at radius 3 is 2.47 bits per heavy atom. The van der Waals surface area contributed by atoms with Gasteiger partial charge in [-0.05, 0) is 48.9 Å². The smallest absolute Gasteiger partial charge is 0.251 e. The van der Waals surface area contributed by atoms with Gasteiger partial charge in [-0.2, -0.15) is 0 Å². The molecule has 168 valence electrons. The number of hydrogen-bond acceptors (Lipinski definition) is 7. The molecule has 5 rings (SSSR count). The molecule has 2 aromatic carbocycles. The van der Waals surface area contributed by atoms with Gasteiger partial charge in [0.15, 0.2) is 11.5 Å². The number of ether oxygens (including phenoxy) is 3. The Bertz CT molecular complexity index is 1000. The Balaban J connectivity index is 1.18. The molecule has 0 spiro atoms. The summed E-state index contributed by atoms with van der Waals surface area (Å²) < 4.78 is 16.3. The summed E-state index contributed by atoms with van der Waals surface area (Å²) in [5.41, 5.74) is 1.78. The molecular weight excluding hydrogens is 410 g/mol. The van der Waals surface area contributed by atoms with Gasteiger partial charge in [0, 0.05) is 32.7 Å². The van der Waals surface area contributed by atoms with E-state index in [-0.39, 0.29) is 31.1 Å². The number of rotatable bonds is 6. The molecule has 8 heteroatoms. The van der Waals surface area contributed by atoms with Crippen molar-refractivity contribution in [3.05, 3.63) is 48.0 Å². The molecule has 0 N–H and O–H groups in total. The normalized spacial score (nSPS) is 21.4.